The molecule has 80 valence electrons. The van der Waals surface area contributed by atoms with Gasteiger partial charge in [0, 0.05) is 26.2 Å². The average Bonchev–Trinajstić information content (AvgIpc) is 2.67. The van der Waals surface area contributed by atoms with Crippen LogP contribution in [0.1, 0.15) is 25.7 Å². The van der Waals surface area contributed by atoms with Crippen LogP contribution in [0.3, 0.4) is 0 Å². The van der Waals surface area contributed by atoms with E-state index in [9.17, 15) is 9.90 Å². The van der Waals surface area contributed by atoms with Crippen LogP contribution in [0, 0.1) is 0 Å². The first-order valence-electron chi connectivity index (χ1n) is 5.45. The standard InChI is InChI=1S/C10H18N2O2/c13-9(10(14)3-1-2-4-10)12-7-5-11-6-8-12/h11,14H,1-8H2. The molecule has 1 saturated carbocycles. The molecule has 0 atom stereocenters. The largest absolute Gasteiger partial charge is 0.380 e. The Kier molecular flexibility index (Phi) is 2.74. The van der Waals surface area contributed by atoms with Crippen molar-refractivity contribution in [2.24, 2.45) is 0 Å². The van der Waals surface area contributed by atoms with Crippen molar-refractivity contribution in [2.45, 2.75) is 31.3 Å². The van der Waals surface area contributed by atoms with Crippen molar-refractivity contribution < 1.29 is 9.90 Å². The molecular weight excluding hydrogens is 180 g/mol. The lowest BCUT2D eigenvalue weighted by Crippen LogP contribution is -2.54. The van der Waals surface area contributed by atoms with Gasteiger partial charge in [-0.1, -0.05) is 0 Å². The fourth-order valence-electron chi connectivity index (χ4n) is 2.34. The highest BCUT2D eigenvalue weighted by Gasteiger charge is 2.41. The van der Waals surface area contributed by atoms with Crippen molar-refractivity contribution >= 4 is 5.91 Å². The van der Waals surface area contributed by atoms with Crippen LogP contribution in [0.25, 0.3) is 0 Å². The van der Waals surface area contributed by atoms with E-state index in [2.05, 4.69) is 5.32 Å². The Bertz CT molecular complexity index is 218. The van der Waals surface area contributed by atoms with Crippen LogP contribution in [-0.4, -0.2) is 47.7 Å². The molecule has 1 aliphatic heterocycles. The first kappa shape index (κ1) is 9.93. The minimum atomic E-state index is -1.03. The summed E-state index contributed by atoms with van der Waals surface area (Å²) in [6.45, 7) is 3.17. The van der Waals surface area contributed by atoms with Gasteiger partial charge in [0.15, 0.2) is 0 Å². The molecule has 0 aromatic heterocycles. The molecule has 0 radical (unpaired) electrons. The molecule has 2 N–H and O–H groups in total. The first-order valence-corrected chi connectivity index (χ1v) is 5.45. The predicted octanol–water partition coefficient (Wildman–Crippen LogP) is -0.277. The van der Waals surface area contributed by atoms with Gasteiger partial charge >= 0.3 is 0 Å². The van der Waals surface area contributed by atoms with Crippen molar-refractivity contribution in [2.75, 3.05) is 26.2 Å². The van der Waals surface area contributed by atoms with Crippen molar-refractivity contribution in [3.05, 3.63) is 0 Å². The lowest BCUT2D eigenvalue weighted by atomic mass is 10.0. The number of piperazine rings is 1. The number of aliphatic hydroxyl groups is 1. The zero-order valence-corrected chi connectivity index (χ0v) is 8.46. The molecule has 4 nitrogen and oxygen atoms in total. The summed E-state index contributed by atoms with van der Waals surface area (Å²) in [6, 6.07) is 0. The maximum atomic E-state index is 12.0. The molecule has 1 amide bonds. The molecule has 2 aliphatic rings. The van der Waals surface area contributed by atoms with Gasteiger partial charge in [0.1, 0.15) is 5.60 Å². The van der Waals surface area contributed by atoms with E-state index in [0.29, 0.717) is 12.8 Å². The van der Waals surface area contributed by atoms with Crippen LogP contribution >= 0.6 is 0 Å². The molecule has 1 heterocycles. The highest BCUT2D eigenvalue weighted by atomic mass is 16.3. The zero-order chi connectivity index (χ0) is 10.0. The number of hydrogen-bond acceptors (Lipinski definition) is 3. The number of rotatable bonds is 1. The molecule has 0 unspecified atom stereocenters. The lowest BCUT2D eigenvalue weighted by Gasteiger charge is -2.33. The van der Waals surface area contributed by atoms with Gasteiger partial charge in [-0.15, -0.1) is 0 Å². The van der Waals surface area contributed by atoms with Crippen molar-refractivity contribution in [1.29, 1.82) is 0 Å². The number of carbonyl (C=O) groups excluding carboxylic acids is 1. The lowest BCUT2D eigenvalue weighted by molar-refractivity contribution is -0.151. The molecule has 1 aliphatic carbocycles. The van der Waals surface area contributed by atoms with E-state index < -0.39 is 5.60 Å². The van der Waals surface area contributed by atoms with E-state index in [1.165, 1.54) is 0 Å². The smallest absolute Gasteiger partial charge is 0.254 e. The van der Waals surface area contributed by atoms with Gasteiger partial charge in [-0.05, 0) is 25.7 Å². The van der Waals surface area contributed by atoms with Crippen LogP contribution in [0.15, 0.2) is 0 Å². The Morgan fingerprint density at radius 2 is 1.79 bits per heavy atom. The summed E-state index contributed by atoms with van der Waals surface area (Å²) in [5.41, 5.74) is -1.03. The van der Waals surface area contributed by atoms with E-state index >= 15 is 0 Å². The minimum Gasteiger partial charge on any atom is -0.380 e. The quantitative estimate of drug-likeness (QED) is 0.609. The summed E-state index contributed by atoms with van der Waals surface area (Å²) >= 11 is 0. The highest BCUT2D eigenvalue weighted by molar-refractivity contribution is 5.85. The second-order valence-corrected chi connectivity index (χ2v) is 4.28. The number of hydrogen-bond donors (Lipinski definition) is 2. The van der Waals surface area contributed by atoms with E-state index in [0.717, 1.165) is 39.0 Å². The van der Waals surface area contributed by atoms with Crippen LogP contribution in [0.4, 0.5) is 0 Å². The number of nitrogens with zero attached hydrogens (tertiary/aromatic N) is 1. The molecule has 0 aromatic rings. The van der Waals surface area contributed by atoms with Gasteiger partial charge in [0.05, 0.1) is 0 Å². The van der Waals surface area contributed by atoms with Gasteiger partial charge in [-0.2, -0.15) is 0 Å². The van der Waals surface area contributed by atoms with E-state index in [1.807, 2.05) is 0 Å². The summed E-state index contributed by atoms with van der Waals surface area (Å²) in [5, 5.41) is 13.3. The highest BCUT2D eigenvalue weighted by Crippen LogP contribution is 2.31. The third kappa shape index (κ3) is 1.77. The van der Waals surface area contributed by atoms with E-state index in [1.54, 1.807) is 4.90 Å². The van der Waals surface area contributed by atoms with Crippen LogP contribution < -0.4 is 5.32 Å². The molecule has 0 bridgehead atoms. The summed E-state index contributed by atoms with van der Waals surface area (Å²) in [7, 11) is 0. The normalized spacial score (nSPS) is 26.5. The fraction of sp³-hybridized carbons (Fsp3) is 0.900. The topological polar surface area (TPSA) is 52.6 Å². The molecule has 1 saturated heterocycles. The van der Waals surface area contributed by atoms with Crippen molar-refractivity contribution in [3.8, 4) is 0 Å². The maximum Gasteiger partial charge on any atom is 0.254 e. The van der Waals surface area contributed by atoms with Gasteiger partial charge in [-0.25, -0.2) is 0 Å². The molecule has 0 spiro atoms. The Labute approximate surface area is 84.3 Å². The third-order valence-electron chi connectivity index (χ3n) is 3.23. The van der Waals surface area contributed by atoms with Gasteiger partial charge in [-0.3, -0.25) is 4.79 Å². The summed E-state index contributed by atoms with van der Waals surface area (Å²) < 4.78 is 0. The molecule has 4 heteroatoms. The van der Waals surface area contributed by atoms with E-state index in [4.69, 9.17) is 0 Å². The fourth-order valence-corrected chi connectivity index (χ4v) is 2.34. The monoisotopic (exact) mass is 198 g/mol. The molecular formula is C10H18N2O2. The SMILES string of the molecule is O=C(N1CCNCC1)C1(O)CCCC1. The molecule has 0 aromatic carbocycles. The second-order valence-electron chi connectivity index (χ2n) is 4.28. The predicted molar refractivity (Wildman–Crippen MR) is 52.9 cm³/mol. The Morgan fingerprint density at radius 1 is 1.21 bits per heavy atom. The van der Waals surface area contributed by atoms with Gasteiger partial charge in [0.25, 0.3) is 5.91 Å². The molecule has 2 fully saturated rings. The van der Waals surface area contributed by atoms with Crippen LogP contribution in [-0.2, 0) is 4.79 Å². The average molecular weight is 198 g/mol. The minimum absolute atomic E-state index is 0.0449. The van der Waals surface area contributed by atoms with Crippen molar-refractivity contribution in [3.63, 3.8) is 0 Å². The molecule has 2 rings (SSSR count). The Hall–Kier alpha value is -0.610. The van der Waals surface area contributed by atoms with Crippen LogP contribution in [0.2, 0.25) is 0 Å². The number of amides is 1. The summed E-state index contributed by atoms with van der Waals surface area (Å²) in [5.74, 6) is -0.0449. The van der Waals surface area contributed by atoms with Crippen molar-refractivity contribution in [1.82, 2.24) is 10.2 Å². The zero-order valence-electron chi connectivity index (χ0n) is 8.46. The Balaban J connectivity index is 1.98. The van der Waals surface area contributed by atoms with Crippen LogP contribution in [0.5, 0.6) is 0 Å². The molecule has 14 heavy (non-hydrogen) atoms. The first-order chi connectivity index (χ1) is 6.72. The van der Waals surface area contributed by atoms with E-state index in [-0.39, 0.29) is 5.91 Å². The second kappa shape index (κ2) is 3.87. The van der Waals surface area contributed by atoms with Gasteiger partial charge < -0.3 is 15.3 Å². The summed E-state index contributed by atoms with van der Waals surface area (Å²) in [4.78, 5) is 13.8. The summed E-state index contributed by atoms with van der Waals surface area (Å²) in [6.07, 6.45) is 3.26. The number of nitrogens with one attached hydrogen (secondary N) is 1. The third-order valence-corrected chi connectivity index (χ3v) is 3.23. The maximum absolute atomic E-state index is 12.0. The Morgan fingerprint density at radius 3 is 2.36 bits per heavy atom. The number of carbonyl (C=O) groups is 1. The van der Waals surface area contributed by atoms with Gasteiger partial charge in [0.2, 0.25) is 0 Å².